The Morgan fingerprint density at radius 3 is 2.61 bits per heavy atom. The van der Waals surface area contributed by atoms with Crippen molar-refractivity contribution in [3.63, 3.8) is 0 Å². The van der Waals surface area contributed by atoms with Gasteiger partial charge in [-0.2, -0.15) is 0 Å². The minimum Gasteiger partial charge on any atom is -0.396 e. The van der Waals surface area contributed by atoms with Gasteiger partial charge in [0, 0.05) is 6.54 Å². The number of nitrogens with two attached hydrogens (primary N) is 1. The Morgan fingerprint density at radius 2 is 1.89 bits per heavy atom. The summed E-state index contributed by atoms with van der Waals surface area (Å²) < 4.78 is 0. The molecule has 2 nitrogen and oxygen atoms in total. The third-order valence-electron chi connectivity index (χ3n) is 3.08. The number of anilines is 2. The summed E-state index contributed by atoms with van der Waals surface area (Å²) in [6, 6.07) is 5.71. The summed E-state index contributed by atoms with van der Waals surface area (Å²) in [5.41, 5.74) is 7.48. The van der Waals surface area contributed by atoms with E-state index in [1.165, 1.54) is 32.1 Å². The molecule has 0 radical (unpaired) electrons. The SMILES string of the molecule is CC(C)CCCCCCNc1cccc(Cl)c1N. The van der Waals surface area contributed by atoms with Gasteiger partial charge in [0.2, 0.25) is 0 Å². The van der Waals surface area contributed by atoms with Crippen molar-refractivity contribution in [3.05, 3.63) is 23.2 Å². The molecule has 0 atom stereocenters. The molecule has 0 saturated heterocycles. The lowest BCUT2D eigenvalue weighted by atomic mass is 10.0. The zero-order chi connectivity index (χ0) is 13.4. The van der Waals surface area contributed by atoms with Crippen molar-refractivity contribution in [1.82, 2.24) is 0 Å². The van der Waals surface area contributed by atoms with Gasteiger partial charge in [-0.1, -0.05) is 57.2 Å². The molecule has 0 aliphatic carbocycles. The van der Waals surface area contributed by atoms with E-state index in [1.807, 2.05) is 18.2 Å². The number of hydrogen-bond donors (Lipinski definition) is 2. The fourth-order valence-electron chi connectivity index (χ4n) is 1.95. The summed E-state index contributed by atoms with van der Waals surface area (Å²) in [6.45, 7) is 5.53. The van der Waals surface area contributed by atoms with Crippen molar-refractivity contribution in [1.29, 1.82) is 0 Å². The second-order valence-corrected chi connectivity index (χ2v) is 5.63. The number of unbranched alkanes of at least 4 members (excludes halogenated alkanes) is 3. The quantitative estimate of drug-likeness (QED) is 0.518. The smallest absolute Gasteiger partial charge is 0.0739 e. The van der Waals surface area contributed by atoms with Crippen molar-refractivity contribution in [2.75, 3.05) is 17.6 Å². The van der Waals surface area contributed by atoms with Crippen LogP contribution in [-0.4, -0.2) is 6.54 Å². The predicted molar refractivity (Wildman–Crippen MR) is 82.3 cm³/mol. The minimum atomic E-state index is 0.622. The van der Waals surface area contributed by atoms with Crippen molar-refractivity contribution < 1.29 is 0 Å². The molecule has 0 heterocycles. The highest BCUT2D eigenvalue weighted by Gasteiger charge is 2.01. The first kappa shape index (κ1) is 15.2. The molecule has 0 unspecified atom stereocenters. The Labute approximate surface area is 116 Å². The minimum absolute atomic E-state index is 0.622. The third-order valence-corrected chi connectivity index (χ3v) is 3.41. The molecule has 0 bridgehead atoms. The summed E-state index contributed by atoms with van der Waals surface area (Å²) in [6.07, 6.45) is 6.47. The maximum Gasteiger partial charge on any atom is 0.0739 e. The van der Waals surface area contributed by atoms with E-state index in [9.17, 15) is 0 Å². The average molecular weight is 269 g/mol. The fraction of sp³-hybridized carbons (Fsp3) is 0.600. The molecule has 0 fully saturated rings. The summed E-state index contributed by atoms with van der Waals surface area (Å²) in [4.78, 5) is 0. The molecule has 1 aromatic rings. The van der Waals surface area contributed by atoms with Crippen LogP contribution in [-0.2, 0) is 0 Å². The predicted octanol–water partition coefficient (Wildman–Crippen LogP) is 4.94. The van der Waals surface area contributed by atoms with Crippen LogP contribution in [0.4, 0.5) is 11.4 Å². The van der Waals surface area contributed by atoms with Gasteiger partial charge in [-0.05, 0) is 24.5 Å². The lowest BCUT2D eigenvalue weighted by Gasteiger charge is -2.10. The summed E-state index contributed by atoms with van der Waals surface area (Å²) >= 11 is 5.96. The Bertz CT molecular complexity index is 350. The standard InChI is InChI=1S/C15H25ClN2/c1-12(2)8-5-3-4-6-11-18-14-10-7-9-13(16)15(14)17/h7,9-10,12,18H,3-6,8,11,17H2,1-2H3. The van der Waals surface area contributed by atoms with Gasteiger partial charge >= 0.3 is 0 Å². The van der Waals surface area contributed by atoms with Gasteiger partial charge in [0.05, 0.1) is 16.4 Å². The monoisotopic (exact) mass is 268 g/mol. The van der Waals surface area contributed by atoms with Crippen LogP contribution in [0, 0.1) is 5.92 Å². The normalized spacial score (nSPS) is 10.9. The van der Waals surface area contributed by atoms with E-state index in [-0.39, 0.29) is 0 Å². The van der Waals surface area contributed by atoms with Crippen molar-refractivity contribution in [2.24, 2.45) is 5.92 Å². The Hall–Kier alpha value is -0.890. The number of hydrogen-bond acceptors (Lipinski definition) is 2. The summed E-state index contributed by atoms with van der Waals surface area (Å²) in [5, 5.41) is 3.97. The van der Waals surface area contributed by atoms with Crippen molar-refractivity contribution >= 4 is 23.0 Å². The van der Waals surface area contributed by atoms with Crippen molar-refractivity contribution in [2.45, 2.75) is 46.0 Å². The second-order valence-electron chi connectivity index (χ2n) is 5.22. The molecule has 0 aliphatic heterocycles. The van der Waals surface area contributed by atoms with Gasteiger partial charge in [0.25, 0.3) is 0 Å². The molecule has 1 rings (SSSR count). The molecule has 0 saturated carbocycles. The van der Waals surface area contributed by atoms with Crippen LogP contribution < -0.4 is 11.1 Å². The van der Waals surface area contributed by atoms with Crippen LogP contribution in [0.3, 0.4) is 0 Å². The van der Waals surface area contributed by atoms with Crippen LogP contribution in [0.5, 0.6) is 0 Å². The number of benzene rings is 1. The van der Waals surface area contributed by atoms with Crippen LogP contribution in [0.25, 0.3) is 0 Å². The maximum absolute atomic E-state index is 5.96. The fourth-order valence-corrected chi connectivity index (χ4v) is 2.12. The largest absolute Gasteiger partial charge is 0.396 e. The highest BCUT2D eigenvalue weighted by atomic mass is 35.5. The molecule has 3 N–H and O–H groups in total. The van der Waals surface area contributed by atoms with Gasteiger partial charge in [-0.15, -0.1) is 0 Å². The average Bonchev–Trinajstić information content (AvgIpc) is 2.32. The Balaban J connectivity index is 2.13. The molecule has 102 valence electrons. The molecular formula is C15H25ClN2. The summed E-state index contributed by atoms with van der Waals surface area (Å²) in [7, 11) is 0. The molecule has 0 spiro atoms. The second kappa shape index (κ2) is 8.25. The lowest BCUT2D eigenvalue weighted by molar-refractivity contribution is 0.523. The highest BCUT2D eigenvalue weighted by Crippen LogP contribution is 2.26. The Kier molecular flexibility index (Phi) is 6.96. The number of rotatable bonds is 8. The van der Waals surface area contributed by atoms with Gasteiger partial charge in [0.15, 0.2) is 0 Å². The maximum atomic E-state index is 5.96. The van der Waals surface area contributed by atoms with Gasteiger partial charge in [-0.3, -0.25) is 0 Å². The summed E-state index contributed by atoms with van der Waals surface area (Å²) in [5.74, 6) is 0.828. The first-order valence-corrected chi connectivity index (χ1v) is 7.27. The van der Waals surface area contributed by atoms with Gasteiger partial charge < -0.3 is 11.1 Å². The van der Waals surface area contributed by atoms with Crippen LogP contribution in [0.1, 0.15) is 46.0 Å². The number of halogens is 1. The molecule has 18 heavy (non-hydrogen) atoms. The molecule has 1 aromatic carbocycles. The van der Waals surface area contributed by atoms with Crippen LogP contribution in [0.2, 0.25) is 5.02 Å². The first-order chi connectivity index (χ1) is 8.61. The number of para-hydroxylation sites is 1. The van der Waals surface area contributed by atoms with E-state index in [0.717, 1.165) is 18.2 Å². The van der Waals surface area contributed by atoms with E-state index in [2.05, 4.69) is 19.2 Å². The number of nitrogens with one attached hydrogen (secondary N) is 1. The molecule has 0 aromatic heterocycles. The van der Waals surface area contributed by atoms with Crippen molar-refractivity contribution in [3.8, 4) is 0 Å². The Morgan fingerprint density at radius 1 is 1.17 bits per heavy atom. The molecular weight excluding hydrogens is 244 g/mol. The molecule has 0 amide bonds. The lowest BCUT2D eigenvalue weighted by Crippen LogP contribution is -2.04. The van der Waals surface area contributed by atoms with Crippen LogP contribution in [0.15, 0.2) is 18.2 Å². The molecule has 3 heteroatoms. The highest BCUT2D eigenvalue weighted by molar-refractivity contribution is 6.33. The third kappa shape index (κ3) is 5.63. The van der Waals surface area contributed by atoms with Gasteiger partial charge in [-0.25, -0.2) is 0 Å². The van der Waals surface area contributed by atoms with E-state index < -0.39 is 0 Å². The molecule has 0 aliphatic rings. The number of nitrogen functional groups attached to an aromatic ring is 1. The van der Waals surface area contributed by atoms with Crippen LogP contribution >= 0.6 is 11.6 Å². The van der Waals surface area contributed by atoms with E-state index in [4.69, 9.17) is 17.3 Å². The topological polar surface area (TPSA) is 38.0 Å². The first-order valence-electron chi connectivity index (χ1n) is 6.89. The zero-order valence-corrected chi connectivity index (χ0v) is 12.3. The van der Waals surface area contributed by atoms with Gasteiger partial charge in [0.1, 0.15) is 0 Å². The van der Waals surface area contributed by atoms with E-state index in [1.54, 1.807) is 0 Å². The zero-order valence-electron chi connectivity index (χ0n) is 11.5. The van der Waals surface area contributed by atoms with E-state index in [0.29, 0.717) is 10.7 Å². The van der Waals surface area contributed by atoms with E-state index >= 15 is 0 Å².